The standard InChI is InChI=1S/C11H21ClOSi/c12-9-13-14(10-5-1-2-6-10)11-7-3-4-8-11/h10-11,14H,1-9H2. The minimum Gasteiger partial charge on any atom is -0.406 e. The van der Waals surface area contributed by atoms with E-state index in [-0.39, 0.29) is 0 Å². The van der Waals surface area contributed by atoms with Crippen molar-refractivity contribution >= 4 is 20.6 Å². The zero-order chi connectivity index (χ0) is 9.80. The van der Waals surface area contributed by atoms with E-state index in [0.717, 1.165) is 11.1 Å². The van der Waals surface area contributed by atoms with Crippen LogP contribution in [-0.2, 0) is 4.43 Å². The van der Waals surface area contributed by atoms with E-state index in [1.807, 2.05) is 0 Å². The van der Waals surface area contributed by atoms with Gasteiger partial charge in [0.15, 0.2) is 9.04 Å². The molecule has 0 amide bonds. The molecule has 0 N–H and O–H groups in total. The van der Waals surface area contributed by atoms with Crippen LogP contribution in [0.15, 0.2) is 0 Å². The third kappa shape index (κ3) is 2.53. The van der Waals surface area contributed by atoms with E-state index in [9.17, 15) is 0 Å². The fraction of sp³-hybridized carbons (Fsp3) is 1.00. The predicted molar refractivity (Wildman–Crippen MR) is 63.4 cm³/mol. The SMILES string of the molecule is ClCO[SiH](C1CCCC1)C1CCCC1. The van der Waals surface area contributed by atoms with Crippen molar-refractivity contribution in [2.45, 2.75) is 62.4 Å². The number of hydrogen-bond acceptors (Lipinski definition) is 1. The lowest BCUT2D eigenvalue weighted by atomic mass is 10.3. The molecule has 0 saturated heterocycles. The zero-order valence-electron chi connectivity index (χ0n) is 8.88. The van der Waals surface area contributed by atoms with E-state index in [2.05, 4.69) is 0 Å². The van der Waals surface area contributed by atoms with Crippen molar-refractivity contribution in [3.63, 3.8) is 0 Å². The van der Waals surface area contributed by atoms with Crippen molar-refractivity contribution in [1.29, 1.82) is 0 Å². The van der Waals surface area contributed by atoms with Crippen molar-refractivity contribution in [3.05, 3.63) is 0 Å². The van der Waals surface area contributed by atoms with Crippen molar-refractivity contribution in [1.82, 2.24) is 0 Å². The summed E-state index contributed by atoms with van der Waals surface area (Å²) >= 11 is 5.77. The first-order valence-corrected chi connectivity index (χ1v) is 8.43. The lowest BCUT2D eigenvalue weighted by molar-refractivity contribution is 0.366. The summed E-state index contributed by atoms with van der Waals surface area (Å²) in [4.78, 5) is 0. The Morgan fingerprint density at radius 2 is 1.36 bits per heavy atom. The van der Waals surface area contributed by atoms with Crippen LogP contribution >= 0.6 is 11.6 Å². The molecule has 0 heterocycles. The topological polar surface area (TPSA) is 9.23 Å². The maximum absolute atomic E-state index is 5.91. The largest absolute Gasteiger partial charge is 0.406 e. The van der Waals surface area contributed by atoms with Crippen LogP contribution in [-0.4, -0.2) is 15.1 Å². The quantitative estimate of drug-likeness (QED) is 0.529. The van der Waals surface area contributed by atoms with E-state index in [1.165, 1.54) is 51.4 Å². The summed E-state index contributed by atoms with van der Waals surface area (Å²) in [7, 11) is -0.971. The molecule has 3 heteroatoms. The molecule has 0 radical (unpaired) electrons. The first kappa shape index (κ1) is 11.0. The van der Waals surface area contributed by atoms with Crippen LogP contribution in [0.3, 0.4) is 0 Å². The van der Waals surface area contributed by atoms with E-state index < -0.39 is 9.04 Å². The van der Waals surface area contributed by atoms with Gasteiger partial charge < -0.3 is 4.43 Å². The third-order valence-corrected chi connectivity index (χ3v) is 8.06. The van der Waals surface area contributed by atoms with Gasteiger partial charge in [0, 0.05) is 0 Å². The molecule has 0 atom stereocenters. The highest BCUT2D eigenvalue weighted by Gasteiger charge is 2.35. The van der Waals surface area contributed by atoms with E-state index in [0.29, 0.717) is 6.07 Å². The highest BCUT2D eigenvalue weighted by Crippen LogP contribution is 2.43. The van der Waals surface area contributed by atoms with Gasteiger partial charge in [0.25, 0.3) is 0 Å². The third-order valence-electron chi connectivity index (χ3n) is 3.98. The molecule has 1 nitrogen and oxygen atoms in total. The Hall–Kier alpha value is 0.467. The van der Waals surface area contributed by atoms with Crippen molar-refractivity contribution in [3.8, 4) is 0 Å². The summed E-state index contributed by atoms with van der Waals surface area (Å²) in [5.41, 5.74) is 1.91. The molecular weight excluding hydrogens is 212 g/mol. The summed E-state index contributed by atoms with van der Waals surface area (Å²) in [5, 5.41) is 0. The van der Waals surface area contributed by atoms with Crippen LogP contribution in [0.1, 0.15) is 51.4 Å². The van der Waals surface area contributed by atoms with Crippen molar-refractivity contribution in [2.75, 3.05) is 6.07 Å². The second-order valence-electron chi connectivity index (χ2n) is 4.83. The Balaban J connectivity index is 1.91. The first-order valence-electron chi connectivity index (χ1n) is 6.09. The summed E-state index contributed by atoms with van der Waals surface area (Å²) in [5.74, 6) is 0. The first-order chi connectivity index (χ1) is 6.92. The smallest absolute Gasteiger partial charge is 0.184 e. The number of rotatable bonds is 4. The molecule has 0 unspecified atom stereocenters. The minimum atomic E-state index is -0.971. The Labute approximate surface area is 93.9 Å². The fourth-order valence-electron chi connectivity index (χ4n) is 3.30. The lowest BCUT2D eigenvalue weighted by Gasteiger charge is -2.26. The van der Waals surface area contributed by atoms with Gasteiger partial charge in [-0.3, -0.25) is 0 Å². The van der Waals surface area contributed by atoms with Gasteiger partial charge in [-0.15, -0.1) is 0 Å². The van der Waals surface area contributed by atoms with Crippen LogP contribution in [0.5, 0.6) is 0 Å². The molecule has 2 rings (SSSR count). The molecule has 0 aromatic rings. The second kappa shape index (κ2) is 5.52. The molecule has 82 valence electrons. The summed E-state index contributed by atoms with van der Waals surface area (Å²) in [6.07, 6.45) is 11.5. The van der Waals surface area contributed by atoms with Gasteiger partial charge in [-0.2, -0.15) is 0 Å². The van der Waals surface area contributed by atoms with E-state index >= 15 is 0 Å². The molecule has 0 aromatic heterocycles. The number of alkyl halides is 1. The second-order valence-corrected chi connectivity index (χ2v) is 8.20. The maximum atomic E-state index is 5.91. The molecule has 0 aliphatic heterocycles. The Kier molecular flexibility index (Phi) is 4.33. The lowest BCUT2D eigenvalue weighted by Crippen LogP contribution is -2.28. The Bertz CT molecular complexity index is 149. The molecule has 0 spiro atoms. The highest BCUT2D eigenvalue weighted by molar-refractivity contribution is 6.56. The average molecular weight is 233 g/mol. The molecule has 2 aliphatic carbocycles. The molecule has 0 aromatic carbocycles. The zero-order valence-corrected chi connectivity index (χ0v) is 10.8. The predicted octanol–water partition coefficient (Wildman–Crippen LogP) is 3.81. The summed E-state index contributed by atoms with van der Waals surface area (Å²) < 4.78 is 5.91. The van der Waals surface area contributed by atoms with Gasteiger partial charge in [-0.05, 0) is 11.1 Å². The van der Waals surface area contributed by atoms with Gasteiger partial charge in [-0.25, -0.2) is 0 Å². The average Bonchev–Trinajstić information content (AvgIpc) is 2.87. The van der Waals surface area contributed by atoms with Crippen LogP contribution in [0.25, 0.3) is 0 Å². The Morgan fingerprint density at radius 3 is 1.71 bits per heavy atom. The monoisotopic (exact) mass is 232 g/mol. The van der Waals surface area contributed by atoms with Crippen molar-refractivity contribution in [2.24, 2.45) is 0 Å². The number of hydrogen-bond donors (Lipinski definition) is 0. The van der Waals surface area contributed by atoms with Crippen LogP contribution in [0, 0.1) is 0 Å². The normalized spacial score (nSPS) is 25.3. The molecule has 2 saturated carbocycles. The molecule has 14 heavy (non-hydrogen) atoms. The van der Waals surface area contributed by atoms with Crippen LogP contribution < -0.4 is 0 Å². The molecule has 2 aliphatic rings. The van der Waals surface area contributed by atoms with Gasteiger partial charge in [0.05, 0.1) is 0 Å². The van der Waals surface area contributed by atoms with Gasteiger partial charge in [0.1, 0.15) is 6.07 Å². The summed E-state index contributed by atoms with van der Waals surface area (Å²) in [6.45, 7) is 0. The van der Waals surface area contributed by atoms with Gasteiger partial charge >= 0.3 is 0 Å². The summed E-state index contributed by atoms with van der Waals surface area (Å²) in [6, 6.07) is 0.448. The van der Waals surface area contributed by atoms with Crippen LogP contribution in [0.2, 0.25) is 11.1 Å². The van der Waals surface area contributed by atoms with Crippen LogP contribution in [0.4, 0.5) is 0 Å². The molecule has 0 bridgehead atoms. The van der Waals surface area contributed by atoms with Gasteiger partial charge in [0.2, 0.25) is 0 Å². The van der Waals surface area contributed by atoms with E-state index in [1.54, 1.807) is 0 Å². The highest BCUT2D eigenvalue weighted by atomic mass is 35.5. The van der Waals surface area contributed by atoms with Crippen molar-refractivity contribution < 1.29 is 4.43 Å². The van der Waals surface area contributed by atoms with E-state index in [4.69, 9.17) is 16.0 Å². The van der Waals surface area contributed by atoms with Gasteiger partial charge in [-0.1, -0.05) is 63.0 Å². The molecule has 2 fully saturated rings. The fourth-order valence-corrected chi connectivity index (χ4v) is 7.45. The minimum absolute atomic E-state index is 0.448. The Morgan fingerprint density at radius 1 is 0.929 bits per heavy atom. The maximum Gasteiger partial charge on any atom is 0.184 e. The number of halogens is 1. The molecular formula is C11H21ClOSi.